The van der Waals surface area contributed by atoms with Crippen molar-refractivity contribution < 1.29 is 0 Å². The Balaban J connectivity index is 1.67. The maximum Gasteiger partial charge on any atom is 0.193 e. The lowest BCUT2D eigenvalue weighted by molar-refractivity contribution is 0.260. The largest absolute Gasteiger partial charge is 0.314 e. The predicted molar refractivity (Wildman–Crippen MR) is 80.8 cm³/mol. The molecular formula is C15H23N3S. The molecule has 3 nitrogen and oxygen atoms in total. The summed E-state index contributed by atoms with van der Waals surface area (Å²) in [6, 6.07) is 0.702. The third-order valence-electron chi connectivity index (χ3n) is 4.18. The number of aromatic nitrogens is 2. The maximum atomic E-state index is 4.74. The van der Waals surface area contributed by atoms with Gasteiger partial charge < -0.3 is 5.32 Å². The van der Waals surface area contributed by atoms with Crippen molar-refractivity contribution in [2.75, 3.05) is 6.54 Å². The fourth-order valence-electron chi connectivity index (χ4n) is 3.19. The highest BCUT2D eigenvalue weighted by molar-refractivity contribution is 7.15. The van der Waals surface area contributed by atoms with E-state index in [9.17, 15) is 0 Å². The Kier molecular flexibility index (Phi) is 4.18. The molecule has 2 aromatic heterocycles. The SMILES string of the molecule is CCCNC1CCCCC1Cc1cn2ccsc2n1. The van der Waals surface area contributed by atoms with E-state index < -0.39 is 0 Å². The van der Waals surface area contributed by atoms with Crippen LogP contribution in [0.15, 0.2) is 17.8 Å². The first-order valence-electron chi connectivity index (χ1n) is 7.51. The maximum absolute atomic E-state index is 4.74. The molecule has 2 aromatic rings. The molecule has 1 N–H and O–H groups in total. The first-order chi connectivity index (χ1) is 9.36. The Morgan fingerprint density at radius 2 is 2.32 bits per heavy atom. The van der Waals surface area contributed by atoms with Crippen molar-refractivity contribution in [2.24, 2.45) is 5.92 Å². The van der Waals surface area contributed by atoms with Gasteiger partial charge in [-0.05, 0) is 38.1 Å². The highest BCUT2D eigenvalue weighted by Crippen LogP contribution is 2.27. The lowest BCUT2D eigenvalue weighted by atomic mass is 9.81. The lowest BCUT2D eigenvalue weighted by Gasteiger charge is -2.32. The summed E-state index contributed by atoms with van der Waals surface area (Å²) in [6.07, 6.45) is 12.1. The Hall–Kier alpha value is -0.870. The third kappa shape index (κ3) is 3.00. The quantitative estimate of drug-likeness (QED) is 0.906. The van der Waals surface area contributed by atoms with Crippen molar-refractivity contribution >= 4 is 16.3 Å². The molecule has 0 bridgehead atoms. The minimum absolute atomic E-state index is 0.702. The number of hydrogen-bond donors (Lipinski definition) is 1. The van der Waals surface area contributed by atoms with E-state index in [1.807, 2.05) is 0 Å². The molecule has 0 amide bonds. The summed E-state index contributed by atoms with van der Waals surface area (Å²) in [5.41, 5.74) is 1.27. The summed E-state index contributed by atoms with van der Waals surface area (Å²) in [6.45, 7) is 3.40. The summed E-state index contributed by atoms with van der Waals surface area (Å²) in [7, 11) is 0. The highest BCUT2D eigenvalue weighted by atomic mass is 32.1. The molecule has 4 heteroatoms. The molecule has 1 saturated carbocycles. The van der Waals surface area contributed by atoms with E-state index in [0.717, 1.165) is 23.8 Å². The van der Waals surface area contributed by atoms with Crippen LogP contribution < -0.4 is 5.32 Å². The van der Waals surface area contributed by atoms with E-state index in [2.05, 4.69) is 34.4 Å². The van der Waals surface area contributed by atoms with Gasteiger partial charge in [0, 0.05) is 23.8 Å². The zero-order chi connectivity index (χ0) is 13.1. The fraction of sp³-hybridized carbons (Fsp3) is 0.667. The van der Waals surface area contributed by atoms with E-state index >= 15 is 0 Å². The van der Waals surface area contributed by atoms with E-state index in [-0.39, 0.29) is 0 Å². The van der Waals surface area contributed by atoms with Gasteiger partial charge in [-0.2, -0.15) is 0 Å². The monoisotopic (exact) mass is 277 g/mol. The van der Waals surface area contributed by atoms with Crippen LogP contribution >= 0.6 is 11.3 Å². The summed E-state index contributed by atoms with van der Waals surface area (Å²) in [5, 5.41) is 5.83. The van der Waals surface area contributed by atoms with Gasteiger partial charge in [-0.25, -0.2) is 4.98 Å². The topological polar surface area (TPSA) is 29.3 Å². The minimum Gasteiger partial charge on any atom is -0.314 e. The second kappa shape index (κ2) is 6.06. The Bertz CT molecular complexity index is 488. The van der Waals surface area contributed by atoms with Crippen molar-refractivity contribution in [3.63, 3.8) is 0 Å². The number of thiazole rings is 1. The van der Waals surface area contributed by atoms with Gasteiger partial charge in [0.2, 0.25) is 0 Å². The van der Waals surface area contributed by atoms with E-state index in [4.69, 9.17) is 4.98 Å². The number of imidazole rings is 1. The number of hydrogen-bond acceptors (Lipinski definition) is 3. The van der Waals surface area contributed by atoms with Crippen molar-refractivity contribution in [1.82, 2.24) is 14.7 Å². The minimum atomic E-state index is 0.702. The average Bonchev–Trinajstić information content (AvgIpc) is 2.98. The van der Waals surface area contributed by atoms with Gasteiger partial charge in [0.15, 0.2) is 4.96 Å². The summed E-state index contributed by atoms with van der Waals surface area (Å²) in [4.78, 5) is 5.86. The average molecular weight is 277 g/mol. The lowest BCUT2D eigenvalue weighted by Crippen LogP contribution is -2.39. The highest BCUT2D eigenvalue weighted by Gasteiger charge is 2.25. The van der Waals surface area contributed by atoms with Crippen molar-refractivity contribution in [3.05, 3.63) is 23.5 Å². The Morgan fingerprint density at radius 3 is 3.16 bits per heavy atom. The summed E-state index contributed by atoms with van der Waals surface area (Å²) >= 11 is 1.72. The van der Waals surface area contributed by atoms with Crippen LogP contribution in [-0.4, -0.2) is 22.0 Å². The fourth-order valence-corrected chi connectivity index (χ4v) is 3.91. The summed E-state index contributed by atoms with van der Waals surface area (Å²) in [5.74, 6) is 0.768. The van der Waals surface area contributed by atoms with E-state index in [1.165, 1.54) is 37.8 Å². The van der Waals surface area contributed by atoms with Gasteiger partial charge in [-0.1, -0.05) is 19.8 Å². The normalized spacial score (nSPS) is 24.1. The van der Waals surface area contributed by atoms with Gasteiger partial charge in [0.1, 0.15) is 0 Å². The molecule has 1 aliphatic carbocycles. The van der Waals surface area contributed by atoms with Crippen LogP contribution in [0, 0.1) is 5.92 Å². The molecule has 0 aromatic carbocycles. The Labute approximate surface area is 119 Å². The molecule has 2 atom stereocenters. The van der Waals surface area contributed by atoms with Crippen molar-refractivity contribution in [1.29, 1.82) is 0 Å². The van der Waals surface area contributed by atoms with E-state index in [0.29, 0.717) is 6.04 Å². The molecule has 19 heavy (non-hydrogen) atoms. The van der Waals surface area contributed by atoms with Crippen LogP contribution in [0.3, 0.4) is 0 Å². The number of rotatable bonds is 5. The van der Waals surface area contributed by atoms with Gasteiger partial charge in [0.25, 0.3) is 0 Å². The summed E-state index contributed by atoms with van der Waals surface area (Å²) < 4.78 is 2.15. The molecule has 2 unspecified atom stereocenters. The number of nitrogens with one attached hydrogen (secondary N) is 1. The smallest absolute Gasteiger partial charge is 0.193 e. The molecule has 1 fully saturated rings. The predicted octanol–water partition coefficient (Wildman–Crippen LogP) is 3.50. The standard InChI is InChI=1S/C15H23N3S/c1-2-7-16-14-6-4-3-5-12(14)10-13-11-18-8-9-19-15(18)17-13/h8-9,11-12,14,16H,2-7,10H2,1H3. The first-order valence-corrected chi connectivity index (χ1v) is 8.39. The first kappa shape index (κ1) is 13.1. The van der Waals surface area contributed by atoms with Crippen LogP contribution in [0.25, 0.3) is 4.96 Å². The Morgan fingerprint density at radius 1 is 1.42 bits per heavy atom. The molecule has 0 aliphatic heterocycles. The van der Waals surface area contributed by atoms with Crippen LogP contribution in [0.4, 0.5) is 0 Å². The molecule has 2 heterocycles. The van der Waals surface area contributed by atoms with Crippen molar-refractivity contribution in [2.45, 2.75) is 51.5 Å². The van der Waals surface area contributed by atoms with E-state index in [1.54, 1.807) is 11.3 Å². The van der Waals surface area contributed by atoms with Gasteiger partial charge in [0.05, 0.1) is 5.69 Å². The molecule has 0 spiro atoms. The molecule has 104 valence electrons. The van der Waals surface area contributed by atoms with Gasteiger partial charge >= 0.3 is 0 Å². The van der Waals surface area contributed by atoms with Crippen LogP contribution in [0.1, 0.15) is 44.7 Å². The molecule has 0 radical (unpaired) electrons. The molecule has 3 rings (SSSR count). The zero-order valence-corrected chi connectivity index (χ0v) is 12.5. The van der Waals surface area contributed by atoms with Crippen molar-refractivity contribution in [3.8, 4) is 0 Å². The van der Waals surface area contributed by atoms with Gasteiger partial charge in [-0.15, -0.1) is 11.3 Å². The molecule has 1 aliphatic rings. The van der Waals surface area contributed by atoms with Crippen LogP contribution in [0.2, 0.25) is 0 Å². The third-order valence-corrected chi connectivity index (χ3v) is 4.95. The van der Waals surface area contributed by atoms with Gasteiger partial charge in [-0.3, -0.25) is 4.40 Å². The second-order valence-corrected chi connectivity index (χ2v) is 6.51. The van der Waals surface area contributed by atoms with Crippen LogP contribution in [0.5, 0.6) is 0 Å². The molecular weight excluding hydrogens is 254 g/mol. The number of fused-ring (bicyclic) bond motifs is 1. The van der Waals surface area contributed by atoms with Crippen LogP contribution in [-0.2, 0) is 6.42 Å². The second-order valence-electron chi connectivity index (χ2n) is 5.63. The molecule has 0 saturated heterocycles. The number of nitrogens with zero attached hydrogens (tertiary/aromatic N) is 2. The zero-order valence-electron chi connectivity index (χ0n) is 11.6.